The molecule has 1 saturated heterocycles. The van der Waals surface area contributed by atoms with Crippen molar-refractivity contribution in [1.29, 1.82) is 0 Å². The van der Waals surface area contributed by atoms with Gasteiger partial charge in [-0.1, -0.05) is 26.0 Å². The quantitative estimate of drug-likeness (QED) is 0.440. The first kappa shape index (κ1) is 18.0. The number of halogens is 1. The molecule has 0 unspecified atom stereocenters. The fourth-order valence-electron chi connectivity index (χ4n) is 2.45. The predicted molar refractivity (Wildman–Crippen MR) is 109 cm³/mol. The number of benzene rings is 1. The number of thiocarbonyl (C=S) groups is 1. The van der Waals surface area contributed by atoms with E-state index in [9.17, 15) is 9.59 Å². The zero-order chi connectivity index (χ0) is 18.1. The van der Waals surface area contributed by atoms with Gasteiger partial charge in [-0.3, -0.25) is 19.8 Å². The number of nitrogens with zero attached hydrogens (tertiary/aromatic N) is 1. The summed E-state index contributed by atoms with van der Waals surface area (Å²) in [5.41, 5.74) is 1.87. The third-order valence-electron chi connectivity index (χ3n) is 3.80. The summed E-state index contributed by atoms with van der Waals surface area (Å²) in [7, 11) is 0. The van der Waals surface area contributed by atoms with Crippen molar-refractivity contribution in [2.75, 3.05) is 4.90 Å². The molecular formula is C18H15BrN2O2S2. The summed E-state index contributed by atoms with van der Waals surface area (Å²) in [6, 6.07) is 11.3. The van der Waals surface area contributed by atoms with Crippen molar-refractivity contribution in [1.82, 2.24) is 5.32 Å². The Balaban J connectivity index is 1.96. The zero-order valence-corrected chi connectivity index (χ0v) is 16.8. The van der Waals surface area contributed by atoms with Gasteiger partial charge in [-0.2, -0.15) is 0 Å². The Bertz CT molecular complexity index is 885. The fraction of sp³-hybridized carbons (Fsp3) is 0.167. The van der Waals surface area contributed by atoms with Gasteiger partial charge in [0, 0.05) is 4.88 Å². The number of amides is 2. The van der Waals surface area contributed by atoms with E-state index in [0.29, 0.717) is 11.6 Å². The maximum Gasteiger partial charge on any atom is 0.270 e. The summed E-state index contributed by atoms with van der Waals surface area (Å²) in [4.78, 5) is 27.3. The highest BCUT2D eigenvalue weighted by atomic mass is 79.9. The highest BCUT2D eigenvalue weighted by Gasteiger charge is 2.34. The second-order valence-electron chi connectivity index (χ2n) is 5.85. The molecule has 7 heteroatoms. The first-order valence-corrected chi connectivity index (χ1v) is 9.65. The van der Waals surface area contributed by atoms with E-state index in [-0.39, 0.29) is 10.7 Å². The normalized spacial score (nSPS) is 16.7. The molecule has 3 rings (SSSR count). The Kier molecular flexibility index (Phi) is 5.17. The molecule has 1 aromatic carbocycles. The number of rotatable bonds is 3. The number of thiophene rings is 1. The second-order valence-corrected chi connectivity index (χ2v) is 8.73. The summed E-state index contributed by atoms with van der Waals surface area (Å²) < 4.78 is 0.930. The number of anilines is 1. The molecule has 0 saturated carbocycles. The van der Waals surface area contributed by atoms with Crippen LogP contribution in [0.4, 0.5) is 5.69 Å². The van der Waals surface area contributed by atoms with E-state index in [1.54, 1.807) is 6.08 Å². The number of hydrogen-bond donors (Lipinski definition) is 1. The Hall–Kier alpha value is -1.83. The Morgan fingerprint density at radius 2 is 1.84 bits per heavy atom. The van der Waals surface area contributed by atoms with E-state index < -0.39 is 11.8 Å². The van der Waals surface area contributed by atoms with Gasteiger partial charge in [-0.25, -0.2) is 0 Å². The van der Waals surface area contributed by atoms with Crippen LogP contribution in [0.15, 0.2) is 45.8 Å². The SMILES string of the molecule is CC(C)c1ccc(N2C(=O)/C(=C/c3ccc(Br)s3)C(=O)NC2=S)cc1. The minimum atomic E-state index is -0.477. The van der Waals surface area contributed by atoms with E-state index in [1.807, 2.05) is 36.4 Å². The zero-order valence-electron chi connectivity index (χ0n) is 13.6. The molecule has 25 heavy (non-hydrogen) atoms. The fourth-order valence-corrected chi connectivity index (χ4v) is 4.10. The van der Waals surface area contributed by atoms with Gasteiger partial charge >= 0.3 is 0 Å². The van der Waals surface area contributed by atoms with Gasteiger partial charge in [-0.15, -0.1) is 11.3 Å². The van der Waals surface area contributed by atoms with Gasteiger partial charge in [0.25, 0.3) is 11.8 Å². The van der Waals surface area contributed by atoms with Crippen LogP contribution >= 0.6 is 39.5 Å². The van der Waals surface area contributed by atoms with Crippen LogP contribution in [0.5, 0.6) is 0 Å². The van der Waals surface area contributed by atoms with Gasteiger partial charge in [0.1, 0.15) is 5.57 Å². The second kappa shape index (κ2) is 7.19. The van der Waals surface area contributed by atoms with Crippen molar-refractivity contribution in [3.63, 3.8) is 0 Å². The van der Waals surface area contributed by atoms with Crippen LogP contribution in [0.2, 0.25) is 0 Å². The van der Waals surface area contributed by atoms with Crippen molar-refractivity contribution in [2.45, 2.75) is 19.8 Å². The predicted octanol–water partition coefficient (Wildman–Crippen LogP) is 4.47. The van der Waals surface area contributed by atoms with E-state index >= 15 is 0 Å². The summed E-state index contributed by atoms with van der Waals surface area (Å²) in [5.74, 6) is -0.504. The van der Waals surface area contributed by atoms with Gasteiger partial charge in [0.2, 0.25) is 0 Å². The molecule has 1 aliphatic rings. The average Bonchev–Trinajstić information content (AvgIpc) is 2.97. The molecular weight excluding hydrogens is 420 g/mol. The van der Waals surface area contributed by atoms with Gasteiger partial charge in [0.05, 0.1) is 9.47 Å². The average molecular weight is 435 g/mol. The number of carbonyl (C=O) groups excluding carboxylic acids is 2. The van der Waals surface area contributed by atoms with Crippen LogP contribution < -0.4 is 10.2 Å². The van der Waals surface area contributed by atoms with Crippen LogP contribution in [0.3, 0.4) is 0 Å². The minimum Gasteiger partial charge on any atom is -0.298 e. The van der Waals surface area contributed by atoms with Crippen LogP contribution in [0.1, 0.15) is 30.2 Å². The van der Waals surface area contributed by atoms with Crippen LogP contribution in [-0.2, 0) is 9.59 Å². The Morgan fingerprint density at radius 3 is 2.40 bits per heavy atom. The maximum absolute atomic E-state index is 12.9. The molecule has 0 bridgehead atoms. The van der Waals surface area contributed by atoms with E-state index in [4.69, 9.17) is 12.2 Å². The molecule has 128 valence electrons. The topological polar surface area (TPSA) is 49.4 Å². The molecule has 1 aromatic heterocycles. The smallest absolute Gasteiger partial charge is 0.270 e. The first-order chi connectivity index (χ1) is 11.9. The van der Waals surface area contributed by atoms with Crippen molar-refractivity contribution in [3.8, 4) is 0 Å². The number of carbonyl (C=O) groups is 2. The standard InChI is InChI=1S/C18H15BrN2O2S2/c1-10(2)11-3-5-12(6-4-11)21-17(23)14(16(22)20-18(21)24)9-13-7-8-15(19)25-13/h3-10H,1-2H3,(H,20,22,24)/b14-9+. The van der Waals surface area contributed by atoms with Gasteiger partial charge < -0.3 is 0 Å². The van der Waals surface area contributed by atoms with Crippen molar-refractivity contribution >= 4 is 68.2 Å². The van der Waals surface area contributed by atoms with Crippen LogP contribution in [0.25, 0.3) is 6.08 Å². The number of nitrogens with one attached hydrogen (secondary N) is 1. The lowest BCUT2D eigenvalue weighted by Crippen LogP contribution is -2.54. The Morgan fingerprint density at radius 1 is 1.16 bits per heavy atom. The third-order valence-corrected chi connectivity index (χ3v) is 5.66. The van der Waals surface area contributed by atoms with E-state index in [2.05, 4.69) is 35.1 Å². The summed E-state index contributed by atoms with van der Waals surface area (Å²) in [6.07, 6.45) is 1.59. The highest BCUT2D eigenvalue weighted by molar-refractivity contribution is 9.11. The molecule has 0 radical (unpaired) electrons. The molecule has 0 aliphatic carbocycles. The molecule has 2 heterocycles. The summed E-state index contributed by atoms with van der Waals surface area (Å²) in [5, 5.41) is 2.69. The lowest BCUT2D eigenvalue weighted by Gasteiger charge is -2.29. The monoisotopic (exact) mass is 434 g/mol. The molecule has 0 atom stereocenters. The van der Waals surface area contributed by atoms with E-state index in [0.717, 1.165) is 8.66 Å². The molecule has 1 aliphatic heterocycles. The van der Waals surface area contributed by atoms with Crippen molar-refractivity contribution < 1.29 is 9.59 Å². The van der Waals surface area contributed by atoms with Gasteiger partial charge in [-0.05, 0) is 70.0 Å². The maximum atomic E-state index is 12.9. The third kappa shape index (κ3) is 3.73. The largest absolute Gasteiger partial charge is 0.298 e. The first-order valence-electron chi connectivity index (χ1n) is 7.63. The molecule has 2 aromatic rings. The van der Waals surface area contributed by atoms with Crippen molar-refractivity contribution in [3.05, 3.63) is 56.2 Å². The lowest BCUT2D eigenvalue weighted by atomic mass is 10.0. The van der Waals surface area contributed by atoms with Crippen LogP contribution in [-0.4, -0.2) is 16.9 Å². The number of hydrogen-bond acceptors (Lipinski definition) is 4. The lowest BCUT2D eigenvalue weighted by molar-refractivity contribution is -0.122. The summed E-state index contributed by atoms with van der Waals surface area (Å²) in [6.45, 7) is 4.21. The summed E-state index contributed by atoms with van der Waals surface area (Å²) >= 11 is 10.0. The Labute approximate surface area is 163 Å². The van der Waals surface area contributed by atoms with Crippen LogP contribution in [0, 0.1) is 0 Å². The highest BCUT2D eigenvalue weighted by Crippen LogP contribution is 2.27. The van der Waals surface area contributed by atoms with Gasteiger partial charge in [0.15, 0.2) is 5.11 Å². The minimum absolute atomic E-state index is 0.0656. The molecule has 1 N–H and O–H groups in total. The van der Waals surface area contributed by atoms with Crippen molar-refractivity contribution in [2.24, 2.45) is 0 Å². The van der Waals surface area contributed by atoms with E-state index in [1.165, 1.54) is 21.8 Å². The molecule has 2 amide bonds. The molecule has 4 nitrogen and oxygen atoms in total. The molecule has 0 spiro atoms. The molecule has 1 fully saturated rings.